The zero-order valence-electron chi connectivity index (χ0n) is 15.0. The monoisotopic (exact) mass is 328 g/mol. The van der Waals surface area contributed by atoms with Gasteiger partial charge in [-0.3, -0.25) is 0 Å². The van der Waals surface area contributed by atoms with Crippen molar-refractivity contribution in [2.45, 2.75) is 39.9 Å². The molecule has 0 heterocycles. The maximum Gasteiger partial charge on any atom is 0.121 e. The first kappa shape index (κ1) is 18.0. The molecule has 0 radical (unpaired) electrons. The lowest BCUT2D eigenvalue weighted by Crippen LogP contribution is -2.14. The van der Waals surface area contributed by atoms with Crippen molar-refractivity contribution >= 4 is 11.4 Å². The van der Waals surface area contributed by atoms with E-state index in [1.807, 2.05) is 76.2 Å². The highest BCUT2D eigenvalue weighted by Gasteiger charge is 2.01. The van der Waals surface area contributed by atoms with E-state index in [0.29, 0.717) is 0 Å². The molecule has 0 saturated carbocycles. The SMILES string of the molecule is CC(C)Oc1cccc(NCCNc2cccc(OC(C)C)c2)c1. The molecule has 0 amide bonds. The van der Waals surface area contributed by atoms with Crippen LogP contribution >= 0.6 is 0 Å². The van der Waals surface area contributed by atoms with Crippen molar-refractivity contribution in [2.24, 2.45) is 0 Å². The van der Waals surface area contributed by atoms with E-state index in [0.717, 1.165) is 36.0 Å². The van der Waals surface area contributed by atoms with Gasteiger partial charge in [0.1, 0.15) is 11.5 Å². The van der Waals surface area contributed by atoms with Crippen molar-refractivity contribution < 1.29 is 9.47 Å². The summed E-state index contributed by atoms with van der Waals surface area (Å²) < 4.78 is 11.4. The van der Waals surface area contributed by atoms with E-state index in [4.69, 9.17) is 9.47 Å². The normalized spacial score (nSPS) is 10.8. The van der Waals surface area contributed by atoms with Gasteiger partial charge >= 0.3 is 0 Å². The molecule has 2 aromatic carbocycles. The summed E-state index contributed by atoms with van der Waals surface area (Å²) in [6, 6.07) is 16.1. The Hall–Kier alpha value is -2.36. The third-order valence-corrected chi connectivity index (χ3v) is 3.19. The maximum absolute atomic E-state index is 5.71. The molecule has 0 spiro atoms. The number of nitrogens with one attached hydrogen (secondary N) is 2. The van der Waals surface area contributed by atoms with E-state index >= 15 is 0 Å². The Morgan fingerprint density at radius 3 is 1.50 bits per heavy atom. The fourth-order valence-corrected chi connectivity index (χ4v) is 2.32. The van der Waals surface area contributed by atoms with Gasteiger partial charge in [-0.25, -0.2) is 0 Å². The van der Waals surface area contributed by atoms with E-state index < -0.39 is 0 Å². The minimum Gasteiger partial charge on any atom is -0.491 e. The molecule has 2 aromatic rings. The summed E-state index contributed by atoms with van der Waals surface area (Å²) >= 11 is 0. The van der Waals surface area contributed by atoms with Crippen molar-refractivity contribution in [3.05, 3.63) is 48.5 Å². The topological polar surface area (TPSA) is 42.5 Å². The van der Waals surface area contributed by atoms with Crippen molar-refractivity contribution in [3.8, 4) is 11.5 Å². The highest BCUT2D eigenvalue weighted by atomic mass is 16.5. The van der Waals surface area contributed by atoms with E-state index in [1.165, 1.54) is 0 Å². The number of hydrogen-bond acceptors (Lipinski definition) is 4. The van der Waals surface area contributed by atoms with Crippen LogP contribution in [0, 0.1) is 0 Å². The molecule has 4 heteroatoms. The van der Waals surface area contributed by atoms with Crippen LogP contribution in [0.15, 0.2) is 48.5 Å². The molecule has 0 saturated heterocycles. The summed E-state index contributed by atoms with van der Waals surface area (Å²) in [5, 5.41) is 6.80. The van der Waals surface area contributed by atoms with Gasteiger partial charge in [0, 0.05) is 36.6 Å². The van der Waals surface area contributed by atoms with Crippen LogP contribution in [0.4, 0.5) is 11.4 Å². The van der Waals surface area contributed by atoms with Gasteiger partial charge in [-0.2, -0.15) is 0 Å². The average Bonchev–Trinajstić information content (AvgIpc) is 2.51. The molecule has 0 bridgehead atoms. The Morgan fingerprint density at radius 1 is 0.708 bits per heavy atom. The van der Waals surface area contributed by atoms with Gasteiger partial charge in [-0.05, 0) is 52.0 Å². The third kappa shape index (κ3) is 6.41. The summed E-state index contributed by atoms with van der Waals surface area (Å²) in [4.78, 5) is 0. The van der Waals surface area contributed by atoms with Crippen molar-refractivity contribution in [1.29, 1.82) is 0 Å². The molecular weight excluding hydrogens is 300 g/mol. The first-order valence-corrected chi connectivity index (χ1v) is 8.54. The Labute approximate surface area is 145 Å². The lowest BCUT2D eigenvalue weighted by molar-refractivity contribution is 0.242. The standard InChI is InChI=1S/C20H28N2O2/c1-15(2)23-19-9-5-7-17(13-19)21-11-12-22-18-8-6-10-20(14-18)24-16(3)4/h5-10,13-16,21-22H,11-12H2,1-4H3. The zero-order valence-corrected chi connectivity index (χ0v) is 15.0. The molecule has 0 aliphatic heterocycles. The largest absolute Gasteiger partial charge is 0.491 e. The smallest absolute Gasteiger partial charge is 0.121 e. The zero-order chi connectivity index (χ0) is 17.4. The molecule has 2 N–H and O–H groups in total. The molecule has 0 aromatic heterocycles. The molecule has 0 unspecified atom stereocenters. The molecule has 0 aliphatic rings. The highest BCUT2D eigenvalue weighted by Crippen LogP contribution is 2.19. The molecule has 4 nitrogen and oxygen atoms in total. The van der Waals surface area contributed by atoms with Gasteiger partial charge in [0.05, 0.1) is 12.2 Å². The summed E-state index contributed by atoms with van der Waals surface area (Å²) in [5.41, 5.74) is 2.12. The van der Waals surface area contributed by atoms with Gasteiger partial charge in [0.15, 0.2) is 0 Å². The Morgan fingerprint density at radius 2 is 1.12 bits per heavy atom. The fourth-order valence-electron chi connectivity index (χ4n) is 2.32. The first-order valence-electron chi connectivity index (χ1n) is 8.54. The Balaban J connectivity index is 1.78. The fraction of sp³-hybridized carbons (Fsp3) is 0.400. The van der Waals surface area contributed by atoms with Crippen LogP contribution in [0.1, 0.15) is 27.7 Å². The van der Waals surface area contributed by atoms with Crippen LogP contribution in [0.3, 0.4) is 0 Å². The molecule has 0 fully saturated rings. The third-order valence-electron chi connectivity index (χ3n) is 3.19. The maximum atomic E-state index is 5.71. The molecule has 130 valence electrons. The quantitative estimate of drug-likeness (QED) is 0.650. The van der Waals surface area contributed by atoms with Gasteiger partial charge in [0.25, 0.3) is 0 Å². The molecular formula is C20H28N2O2. The molecule has 0 aliphatic carbocycles. The van der Waals surface area contributed by atoms with Crippen molar-refractivity contribution in [2.75, 3.05) is 23.7 Å². The van der Waals surface area contributed by atoms with Gasteiger partial charge in [-0.1, -0.05) is 12.1 Å². The minimum atomic E-state index is 0.183. The lowest BCUT2D eigenvalue weighted by atomic mass is 10.3. The molecule has 2 rings (SSSR count). The number of hydrogen-bond donors (Lipinski definition) is 2. The van der Waals surface area contributed by atoms with Crippen molar-refractivity contribution in [1.82, 2.24) is 0 Å². The van der Waals surface area contributed by atoms with Crippen LogP contribution in [0.25, 0.3) is 0 Å². The summed E-state index contributed by atoms with van der Waals surface area (Å²) in [6.07, 6.45) is 0.365. The summed E-state index contributed by atoms with van der Waals surface area (Å²) in [5.74, 6) is 1.78. The summed E-state index contributed by atoms with van der Waals surface area (Å²) in [7, 11) is 0. The molecule has 0 atom stereocenters. The predicted octanol–water partition coefficient (Wildman–Crippen LogP) is 4.79. The van der Waals surface area contributed by atoms with Crippen LogP contribution in [0.5, 0.6) is 11.5 Å². The highest BCUT2D eigenvalue weighted by molar-refractivity contribution is 5.50. The van der Waals surface area contributed by atoms with Crippen molar-refractivity contribution in [3.63, 3.8) is 0 Å². The Bertz CT molecular complexity index is 571. The Kier molecular flexibility index (Phi) is 6.79. The van der Waals surface area contributed by atoms with Crippen LogP contribution in [-0.2, 0) is 0 Å². The van der Waals surface area contributed by atoms with Gasteiger partial charge in [-0.15, -0.1) is 0 Å². The van der Waals surface area contributed by atoms with E-state index in [2.05, 4.69) is 10.6 Å². The average molecular weight is 328 g/mol. The molecule has 24 heavy (non-hydrogen) atoms. The second kappa shape index (κ2) is 9.06. The number of anilines is 2. The predicted molar refractivity (Wildman–Crippen MR) is 101 cm³/mol. The van der Waals surface area contributed by atoms with E-state index in [-0.39, 0.29) is 12.2 Å². The van der Waals surface area contributed by atoms with E-state index in [1.54, 1.807) is 0 Å². The second-order valence-corrected chi connectivity index (χ2v) is 6.24. The van der Waals surface area contributed by atoms with Crippen LogP contribution < -0.4 is 20.1 Å². The first-order chi connectivity index (χ1) is 11.5. The van der Waals surface area contributed by atoms with Crippen LogP contribution in [-0.4, -0.2) is 25.3 Å². The minimum absolute atomic E-state index is 0.183. The van der Waals surface area contributed by atoms with Gasteiger partial charge in [0.2, 0.25) is 0 Å². The number of benzene rings is 2. The second-order valence-electron chi connectivity index (χ2n) is 6.24. The van der Waals surface area contributed by atoms with Gasteiger partial charge < -0.3 is 20.1 Å². The number of rotatable bonds is 9. The lowest BCUT2D eigenvalue weighted by Gasteiger charge is -2.13. The summed E-state index contributed by atoms with van der Waals surface area (Å²) in [6.45, 7) is 9.76. The van der Waals surface area contributed by atoms with Crippen LogP contribution in [0.2, 0.25) is 0 Å². The number of ether oxygens (including phenoxy) is 2. The van der Waals surface area contributed by atoms with E-state index in [9.17, 15) is 0 Å².